The van der Waals surface area contributed by atoms with Crippen LogP contribution < -0.4 is 5.32 Å². The lowest BCUT2D eigenvalue weighted by molar-refractivity contribution is 0.102. The Labute approximate surface area is 113 Å². The standard InChI is InChI=1S/C11H10ClN3O2S/c1-2-8-10(18-15-14-8)11(17)13-9-4-3-6(16)5-7(9)12/h3-5,16H,2H2,1H3,(H,13,17). The molecule has 0 saturated heterocycles. The molecular weight excluding hydrogens is 274 g/mol. The lowest BCUT2D eigenvalue weighted by Gasteiger charge is -2.06. The molecule has 0 atom stereocenters. The summed E-state index contributed by atoms with van der Waals surface area (Å²) in [5, 5.41) is 16.0. The summed E-state index contributed by atoms with van der Waals surface area (Å²) in [5.74, 6) is -0.249. The van der Waals surface area contributed by atoms with Crippen LogP contribution in [0.3, 0.4) is 0 Å². The third-order valence-electron chi connectivity index (χ3n) is 2.30. The summed E-state index contributed by atoms with van der Waals surface area (Å²) in [6.07, 6.45) is 0.641. The zero-order valence-electron chi connectivity index (χ0n) is 9.48. The molecule has 2 N–H and O–H groups in total. The molecule has 94 valence electrons. The molecule has 0 aliphatic rings. The molecule has 5 nitrogen and oxygen atoms in total. The highest BCUT2D eigenvalue weighted by Crippen LogP contribution is 2.26. The number of aromatic hydroxyl groups is 1. The number of rotatable bonds is 3. The van der Waals surface area contributed by atoms with Gasteiger partial charge in [0.05, 0.1) is 16.4 Å². The number of aryl methyl sites for hydroxylation is 1. The fourth-order valence-corrected chi connectivity index (χ4v) is 2.26. The van der Waals surface area contributed by atoms with Gasteiger partial charge in [0, 0.05) is 6.07 Å². The monoisotopic (exact) mass is 283 g/mol. The Balaban J connectivity index is 2.21. The van der Waals surface area contributed by atoms with Crippen LogP contribution in [0.4, 0.5) is 5.69 Å². The van der Waals surface area contributed by atoms with Crippen molar-refractivity contribution in [1.29, 1.82) is 0 Å². The predicted molar refractivity (Wildman–Crippen MR) is 70.4 cm³/mol. The fraction of sp³-hybridized carbons (Fsp3) is 0.182. The minimum Gasteiger partial charge on any atom is -0.508 e. The number of phenolic OH excluding ortho intramolecular Hbond substituents is 1. The lowest BCUT2D eigenvalue weighted by Crippen LogP contribution is -2.12. The molecule has 1 aromatic carbocycles. The van der Waals surface area contributed by atoms with E-state index in [1.807, 2.05) is 6.92 Å². The number of amides is 1. The van der Waals surface area contributed by atoms with Gasteiger partial charge in [-0.2, -0.15) is 0 Å². The van der Waals surface area contributed by atoms with E-state index >= 15 is 0 Å². The number of nitrogens with one attached hydrogen (secondary N) is 1. The molecule has 2 aromatic rings. The minimum absolute atomic E-state index is 0.0479. The van der Waals surface area contributed by atoms with Crippen molar-refractivity contribution < 1.29 is 9.90 Å². The molecule has 0 aliphatic heterocycles. The van der Waals surface area contributed by atoms with E-state index in [9.17, 15) is 9.90 Å². The number of carbonyl (C=O) groups excluding carboxylic acids is 1. The second-order valence-electron chi connectivity index (χ2n) is 3.52. The molecule has 0 bridgehead atoms. The van der Waals surface area contributed by atoms with Crippen molar-refractivity contribution in [1.82, 2.24) is 9.59 Å². The van der Waals surface area contributed by atoms with Gasteiger partial charge in [0.25, 0.3) is 5.91 Å². The summed E-state index contributed by atoms with van der Waals surface area (Å²) in [5.41, 5.74) is 1.10. The van der Waals surface area contributed by atoms with Crippen LogP contribution in [-0.2, 0) is 6.42 Å². The van der Waals surface area contributed by atoms with E-state index in [4.69, 9.17) is 11.6 Å². The van der Waals surface area contributed by atoms with Crippen molar-refractivity contribution >= 4 is 34.7 Å². The van der Waals surface area contributed by atoms with E-state index in [-0.39, 0.29) is 16.7 Å². The first-order valence-corrected chi connectivity index (χ1v) is 6.38. The normalized spacial score (nSPS) is 10.3. The third kappa shape index (κ3) is 2.60. The molecule has 18 heavy (non-hydrogen) atoms. The zero-order chi connectivity index (χ0) is 13.1. The maximum atomic E-state index is 12.0. The average molecular weight is 284 g/mol. The van der Waals surface area contributed by atoms with Crippen molar-refractivity contribution in [2.75, 3.05) is 5.32 Å². The Hall–Kier alpha value is -1.66. The predicted octanol–water partition coefficient (Wildman–Crippen LogP) is 2.71. The molecule has 0 radical (unpaired) electrons. The quantitative estimate of drug-likeness (QED) is 0.849. The van der Waals surface area contributed by atoms with Gasteiger partial charge in [-0.05, 0) is 30.1 Å². The largest absolute Gasteiger partial charge is 0.508 e. The molecule has 0 saturated carbocycles. The topological polar surface area (TPSA) is 75.1 Å². The van der Waals surface area contributed by atoms with Gasteiger partial charge in [-0.3, -0.25) is 4.79 Å². The van der Waals surface area contributed by atoms with Crippen molar-refractivity contribution in [2.45, 2.75) is 13.3 Å². The van der Waals surface area contributed by atoms with E-state index < -0.39 is 0 Å². The second-order valence-corrected chi connectivity index (χ2v) is 4.68. The molecule has 7 heteroatoms. The number of hydrogen-bond acceptors (Lipinski definition) is 5. The smallest absolute Gasteiger partial charge is 0.269 e. The Morgan fingerprint density at radius 2 is 2.33 bits per heavy atom. The number of carbonyl (C=O) groups is 1. The van der Waals surface area contributed by atoms with Gasteiger partial charge in [0.2, 0.25) is 0 Å². The molecule has 0 unspecified atom stereocenters. The average Bonchev–Trinajstić information content (AvgIpc) is 2.81. The Morgan fingerprint density at radius 1 is 1.56 bits per heavy atom. The van der Waals surface area contributed by atoms with Crippen LogP contribution in [0.1, 0.15) is 22.3 Å². The number of halogens is 1. The molecule has 2 rings (SSSR count). The number of benzene rings is 1. The van der Waals surface area contributed by atoms with Crippen LogP contribution in [0.25, 0.3) is 0 Å². The van der Waals surface area contributed by atoms with Crippen molar-refractivity contribution in [2.24, 2.45) is 0 Å². The minimum atomic E-state index is -0.297. The first kappa shape index (κ1) is 12.8. The van der Waals surface area contributed by atoms with Gasteiger partial charge in [0.1, 0.15) is 10.6 Å². The van der Waals surface area contributed by atoms with Gasteiger partial charge in [0.15, 0.2) is 0 Å². The number of nitrogens with zero attached hydrogens (tertiary/aromatic N) is 2. The molecule has 1 aromatic heterocycles. The van der Waals surface area contributed by atoms with Crippen LogP contribution in [0.15, 0.2) is 18.2 Å². The SMILES string of the molecule is CCc1nnsc1C(=O)Nc1ccc(O)cc1Cl. The van der Waals surface area contributed by atoms with Crippen molar-refractivity contribution in [3.63, 3.8) is 0 Å². The van der Waals surface area contributed by atoms with Gasteiger partial charge in [-0.15, -0.1) is 5.10 Å². The molecule has 0 aliphatic carbocycles. The van der Waals surface area contributed by atoms with Crippen LogP contribution in [0, 0.1) is 0 Å². The Kier molecular flexibility index (Phi) is 3.78. The van der Waals surface area contributed by atoms with Crippen LogP contribution in [-0.4, -0.2) is 20.6 Å². The third-order valence-corrected chi connectivity index (χ3v) is 3.38. The van der Waals surface area contributed by atoms with Gasteiger partial charge >= 0.3 is 0 Å². The van der Waals surface area contributed by atoms with Gasteiger partial charge in [-0.1, -0.05) is 23.0 Å². The number of anilines is 1. The van der Waals surface area contributed by atoms with E-state index in [1.165, 1.54) is 18.2 Å². The first-order valence-electron chi connectivity index (χ1n) is 5.23. The number of hydrogen-bond donors (Lipinski definition) is 2. The maximum absolute atomic E-state index is 12.0. The summed E-state index contributed by atoms with van der Waals surface area (Å²) in [4.78, 5) is 12.5. The van der Waals surface area contributed by atoms with E-state index in [1.54, 1.807) is 0 Å². The maximum Gasteiger partial charge on any atom is 0.269 e. The van der Waals surface area contributed by atoms with Gasteiger partial charge in [-0.25, -0.2) is 0 Å². The van der Waals surface area contributed by atoms with Crippen LogP contribution in [0.5, 0.6) is 5.75 Å². The fourth-order valence-electron chi connectivity index (χ4n) is 1.40. The highest BCUT2D eigenvalue weighted by molar-refractivity contribution is 7.08. The van der Waals surface area contributed by atoms with Crippen LogP contribution >= 0.6 is 23.1 Å². The first-order chi connectivity index (χ1) is 8.61. The summed E-state index contributed by atoms with van der Waals surface area (Å²) < 4.78 is 3.75. The summed E-state index contributed by atoms with van der Waals surface area (Å²) in [6.45, 7) is 1.90. The Bertz CT molecular complexity index is 585. The van der Waals surface area contributed by atoms with E-state index in [0.29, 0.717) is 22.7 Å². The summed E-state index contributed by atoms with van der Waals surface area (Å²) in [7, 11) is 0. The second kappa shape index (κ2) is 5.32. The molecule has 1 heterocycles. The van der Waals surface area contributed by atoms with E-state index in [0.717, 1.165) is 11.5 Å². The summed E-state index contributed by atoms with van der Waals surface area (Å²) in [6, 6.07) is 4.35. The zero-order valence-corrected chi connectivity index (χ0v) is 11.0. The highest BCUT2D eigenvalue weighted by Gasteiger charge is 2.16. The molecule has 0 spiro atoms. The molecular formula is C11H10ClN3O2S. The molecule has 0 fully saturated rings. The van der Waals surface area contributed by atoms with Crippen molar-refractivity contribution in [3.8, 4) is 5.75 Å². The lowest BCUT2D eigenvalue weighted by atomic mass is 10.2. The number of aromatic nitrogens is 2. The number of phenols is 1. The summed E-state index contributed by atoms with van der Waals surface area (Å²) >= 11 is 6.95. The van der Waals surface area contributed by atoms with Crippen molar-refractivity contribution in [3.05, 3.63) is 33.8 Å². The van der Waals surface area contributed by atoms with Crippen LogP contribution in [0.2, 0.25) is 5.02 Å². The molecule has 1 amide bonds. The highest BCUT2D eigenvalue weighted by atomic mass is 35.5. The Morgan fingerprint density at radius 3 is 3.00 bits per heavy atom. The van der Waals surface area contributed by atoms with E-state index in [2.05, 4.69) is 14.9 Å². The van der Waals surface area contributed by atoms with Gasteiger partial charge < -0.3 is 10.4 Å².